The van der Waals surface area contributed by atoms with Crippen LogP contribution in [0.15, 0.2) is 30.3 Å². The molecule has 2 N–H and O–H groups in total. The van der Waals surface area contributed by atoms with E-state index in [-0.39, 0.29) is 0 Å². The topological polar surface area (TPSA) is 48.1 Å². The van der Waals surface area contributed by atoms with Crippen LogP contribution < -0.4 is 10.5 Å². The van der Waals surface area contributed by atoms with E-state index in [2.05, 4.69) is 4.98 Å². The van der Waals surface area contributed by atoms with Crippen LogP contribution in [-0.4, -0.2) is 12.1 Å². The highest BCUT2D eigenvalue weighted by Crippen LogP contribution is 2.30. The van der Waals surface area contributed by atoms with Crippen LogP contribution in [0, 0.1) is 0 Å². The van der Waals surface area contributed by atoms with Crippen molar-refractivity contribution in [2.75, 3.05) is 12.8 Å². The molecule has 88 valence electrons. The van der Waals surface area contributed by atoms with E-state index in [0.717, 1.165) is 11.1 Å². The summed E-state index contributed by atoms with van der Waals surface area (Å²) in [6.45, 7) is 0. The number of anilines is 1. The molecule has 0 spiro atoms. The zero-order chi connectivity index (χ0) is 12.4. The molecule has 0 unspecified atom stereocenters. The van der Waals surface area contributed by atoms with Crippen LogP contribution in [-0.2, 0) is 0 Å². The number of nitrogens with two attached hydrogens (primary N) is 1. The van der Waals surface area contributed by atoms with E-state index in [9.17, 15) is 0 Å². The number of hydrogen-bond acceptors (Lipinski definition) is 3. The van der Waals surface area contributed by atoms with Crippen molar-refractivity contribution in [2.24, 2.45) is 0 Å². The molecule has 1 aromatic heterocycles. The predicted molar refractivity (Wildman–Crippen MR) is 70.7 cm³/mol. The van der Waals surface area contributed by atoms with Crippen LogP contribution in [0.5, 0.6) is 5.88 Å². The number of nitrogens with zero attached hydrogens (tertiary/aromatic N) is 1. The molecule has 17 heavy (non-hydrogen) atoms. The van der Waals surface area contributed by atoms with Crippen molar-refractivity contribution in [1.82, 2.24) is 4.98 Å². The van der Waals surface area contributed by atoms with Crippen LogP contribution in [0.2, 0.25) is 10.0 Å². The lowest BCUT2D eigenvalue weighted by Crippen LogP contribution is -1.94. The lowest BCUT2D eigenvalue weighted by atomic mass is 10.1. The van der Waals surface area contributed by atoms with Crippen molar-refractivity contribution in [3.05, 3.63) is 40.4 Å². The number of methoxy groups -OCH3 is 1. The number of ether oxygens (including phenoxy) is 1. The number of aromatic nitrogens is 1. The molecule has 2 aromatic rings. The largest absolute Gasteiger partial charge is 0.481 e. The summed E-state index contributed by atoms with van der Waals surface area (Å²) in [7, 11) is 1.54. The fourth-order valence-corrected chi connectivity index (χ4v) is 1.77. The molecule has 0 aliphatic carbocycles. The summed E-state index contributed by atoms with van der Waals surface area (Å²) < 4.78 is 5.06. The Balaban J connectivity index is 2.52. The first kappa shape index (κ1) is 12.0. The van der Waals surface area contributed by atoms with Gasteiger partial charge in [0.05, 0.1) is 17.2 Å². The fraction of sp³-hybridized carbons (Fsp3) is 0.0833. The Bertz CT molecular complexity index is 558. The van der Waals surface area contributed by atoms with Crippen LogP contribution in [0.1, 0.15) is 0 Å². The van der Waals surface area contributed by atoms with Gasteiger partial charge in [0.1, 0.15) is 5.82 Å². The lowest BCUT2D eigenvalue weighted by Gasteiger charge is -2.07. The highest BCUT2D eigenvalue weighted by molar-refractivity contribution is 6.42. The molecule has 5 heteroatoms. The predicted octanol–water partition coefficient (Wildman–Crippen LogP) is 3.65. The van der Waals surface area contributed by atoms with Gasteiger partial charge in [-0.05, 0) is 29.3 Å². The average Bonchev–Trinajstić information content (AvgIpc) is 2.32. The minimum atomic E-state index is 0.394. The fourth-order valence-electron chi connectivity index (χ4n) is 1.47. The first-order valence-corrected chi connectivity index (χ1v) is 5.62. The van der Waals surface area contributed by atoms with Crippen molar-refractivity contribution in [3.63, 3.8) is 0 Å². The minimum Gasteiger partial charge on any atom is -0.481 e. The SMILES string of the molecule is COc1cc(-c2ccc(Cl)c(Cl)c2)cc(N)n1. The molecule has 1 aromatic carbocycles. The van der Waals surface area contributed by atoms with Crippen LogP contribution in [0.4, 0.5) is 5.82 Å². The number of pyridine rings is 1. The number of nitrogen functional groups attached to an aromatic ring is 1. The molecule has 0 radical (unpaired) electrons. The summed E-state index contributed by atoms with van der Waals surface area (Å²) in [6, 6.07) is 8.92. The van der Waals surface area contributed by atoms with E-state index >= 15 is 0 Å². The molecule has 3 nitrogen and oxygen atoms in total. The molecule has 0 bridgehead atoms. The van der Waals surface area contributed by atoms with E-state index < -0.39 is 0 Å². The Morgan fingerprint density at radius 2 is 1.82 bits per heavy atom. The second-order valence-corrected chi connectivity index (χ2v) is 4.27. The van der Waals surface area contributed by atoms with E-state index in [0.29, 0.717) is 21.7 Å². The molecule has 0 saturated heterocycles. The summed E-state index contributed by atoms with van der Waals surface area (Å²) in [4.78, 5) is 4.01. The van der Waals surface area contributed by atoms with E-state index in [4.69, 9.17) is 33.7 Å². The highest BCUT2D eigenvalue weighted by Gasteiger charge is 2.05. The maximum Gasteiger partial charge on any atom is 0.215 e. The third-order valence-corrected chi connectivity index (χ3v) is 3.02. The van der Waals surface area contributed by atoms with Gasteiger partial charge < -0.3 is 10.5 Å². The van der Waals surface area contributed by atoms with Crippen LogP contribution >= 0.6 is 23.2 Å². The molecule has 0 fully saturated rings. The summed E-state index contributed by atoms with van der Waals surface area (Å²) in [6.07, 6.45) is 0. The van der Waals surface area contributed by atoms with Gasteiger partial charge in [-0.2, -0.15) is 4.98 Å². The normalized spacial score (nSPS) is 10.3. The summed E-state index contributed by atoms with van der Waals surface area (Å²) >= 11 is 11.8. The average molecular weight is 269 g/mol. The van der Waals surface area contributed by atoms with Gasteiger partial charge in [-0.25, -0.2) is 0 Å². The van der Waals surface area contributed by atoms with Gasteiger partial charge in [0.25, 0.3) is 0 Å². The van der Waals surface area contributed by atoms with Crippen molar-refractivity contribution in [2.45, 2.75) is 0 Å². The Hall–Kier alpha value is -1.45. The summed E-state index contributed by atoms with van der Waals surface area (Å²) in [5.74, 6) is 0.858. The third kappa shape index (κ3) is 2.62. The van der Waals surface area contributed by atoms with Crippen LogP contribution in [0.25, 0.3) is 11.1 Å². The van der Waals surface area contributed by atoms with Crippen molar-refractivity contribution in [3.8, 4) is 17.0 Å². The standard InChI is InChI=1S/C12H10Cl2N2O/c1-17-12-6-8(5-11(15)16-12)7-2-3-9(13)10(14)4-7/h2-6H,1H3,(H2,15,16). The Kier molecular flexibility index (Phi) is 3.41. The van der Waals surface area contributed by atoms with Gasteiger partial charge in [-0.15, -0.1) is 0 Å². The second kappa shape index (κ2) is 4.82. The molecule has 0 saturated carbocycles. The van der Waals surface area contributed by atoms with Gasteiger partial charge in [0, 0.05) is 6.07 Å². The first-order valence-electron chi connectivity index (χ1n) is 4.87. The monoisotopic (exact) mass is 268 g/mol. The molecule has 2 rings (SSSR count). The third-order valence-electron chi connectivity index (χ3n) is 2.28. The van der Waals surface area contributed by atoms with Gasteiger partial charge >= 0.3 is 0 Å². The van der Waals surface area contributed by atoms with E-state index in [1.54, 1.807) is 31.4 Å². The lowest BCUT2D eigenvalue weighted by molar-refractivity contribution is 0.399. The zero-order valence-corrected chi connectivity index (χ0v) is 10.6. The summed E-state index contributed by atoms with van der Waals surface area (Å²) in [5.41, 5.74) is 7.48. The molecule has 0 aliphatic rings. The Labute approximate surface area is 109 Å². The maximum atomic E-state index is 5.97. The Morgan fingerprint density at radius 3 is 2.47 bits per heavy atom. The van der Waals surface area contributed by atoms with E-state index in [1.807, 2.05) is 6.07 Å². The number of benzene rings is 1. The number of hydrogen-bond donors (Lipinski definition) is 1. The van der Waals surface area contributed by atoms with Gasteiger partial charge in [-0.1, -0.05) is 29.3 Å². The molecule has 0 aliphatic heterocycles. The van der Waals surface area contributed by atoms with E-state index in [1.165, 1.54) is 0 Å². The van der Waals surface area contributed by atoms with Crippen molar-refractivity contribution in [1.29, 1.82) is 0 Å². The Morgan fingerprint density at radius 1 is 1.06 bits per heavy atom. The highest BCUT2D eigenvalue weighted by atomic mass is 35.5. The smallest absolute Gasteiger partial charge is 0.215 e. The minimum absolute atomic E-state index is 0.394. The van der Waals surface area contributed by atoms with Gasteiger partial charge in [-0.3, -0.25) is 0 Å². The van der Waals surface area contributed by atoms with Gasteiger partial charge in [0.2, 0.25) is 5.88 Å². The number of rotatable bonds is 2. The molecule has 0 atom stereocenters. The maximum absolute atomic E-state index is 5.97. The van der Waals surface area contributed by atoms with Crippen molar-refractivity contribution >= 4 is 29.0 Å². The molecule has 1 heterocycles. The van der Waals surface area contributed by atoms with Gasteiger partial charge in [0.15, 0.2) is 0 Å². The zero-order valence-electron chi connectivity index (χ0n) is 9.08. The van der Waals surface area contributed by atoms with Crippen LogP contribution in [0.3, 0.4) is 0 Å². The second-order valence-electron chi connectivity index (χ2n) is 3.45. The van der Waals surface area contributed by atoms with Crippen molar-refractivity contribution < 1.29 is 4.74 Å². The molecular formula is C12H10Cl2N2O. The molecule has 0 amide bonds. The molecular weight excluding hydrogens is 259 g/mol. The quantitative estimate of drug-likeness (QED) is 0.905. The number of halogens is 2. The first-order chi connectivity index (χ1) is 8.10. The summed E-state index contributed by atoms with van der Waals surface area (Å²) in [5, 5.41) is 1.02.